The number of anilines is 1. The Morgan fingerprint density at radius 3 is 2.27 bits per heavy atom. The number of rotatable bonds is 9. The van der Waals surface area contributed by atoms with Crippen LogP contribution < -0.4 is 14.2 Å². The number of methoxy groups -OCH3 is 1. The molecular weight excluding hydrogens is 436 g/mol. The SMILES string of the molecule is COc1ccc([C@H](Cc2ccncc2)c2ccc(NS(C)(=O)=O)cc2)cc1OC1CCCC1. The largest absolute Gasteiger partial charge is 0.493 e. The molecule has 0 amide bonds. The molecule has 3 aromatic rings. The van der Waals surface area contributed by atoms with Gasteiger partial charge in [0, 0.05) is 24.0 Å². The molecule has 1 saturated carbocycles. The van der Waals surface area contributed by atoms with Crippen LogP contribution in [0.2, 0.25) is 0 Å². The van der Waals surface area contributed by atoms with Crippen molar-refractivity contribution in [1.29, 1.82) is 0 Å². The standard InChI is InChI=1S/C26H30N2O4S/c1-31-25-12-9-21(18-26(25)32-23-5-3-4-6-23)24(17-19-13-15-27-16-14-19)20-7-10-22(11-8-20)28-33(2,29)30/h7-16,18,23-24,28H,3-6,17H2,1-2H3/t24-/m1/s1. The van der Waals surface area contributed by atoms with E-state index in [2.05, 4.69) is 21.8 Å². The van der Waals surface area contributed by atoms with Gasteiger partial charge in [0.2, 0.25) is 10.0 Å². The minimum atomic E-state index is -3.32. The first-order valence-corrected chi connectivity index (χ1v) is 13.1. The van der Waals surface area contributed by atoms with Crippen LogP contribution in [0, 0.1) is 0 Å². The lowest BCUT2D eigenvalue weighted by Crippen LogP contribution is -2.13. The molecule has 6 nitrogen and oxygen atoms in total. The fraction of sp³-hybridized carbons (Fsp3) is 0.346. The summed E-state index contributed by atoms with van der Waals surface area (Å²) in [5, 5.41) is 0. The molecule has 0 unspecified atom stereocenters. The molecule has 1 aliphatic carbocycles. The molecule has 1 heterocycles. The lowest BCUT2D eigenvalue weighted by molar-refractivity contribution is 0.200. The highest BCUT2D eigenvalue weighted by Gasteiger charge is 2.21. The Morgan fingerprint density at radius 1 is 0.970 bits per heavy atom. The smallest absolute Gasteiger partial charge is 0.229 e. The average Bonchev–Trinajstić information content (AvgIpc) is 3.31. The quantitative estimate of drug-likeness (QED) is 0.471. The third-order valence-corrected chi connectivity index (χ3v) is 6.60. The van der Waals surface area contributed by atoms with Gasteiger partial charge in [-0.2, -0.15) is 0 Å². The molecule has 0 saturated heterocycles. The van der Waals surface area contributed by atoms with Gasteiger partial charge in [-0.15, -0.1) is 0 Å². The minimum Gasteiger partial charge on any atom is -0.493 e. The number of nitrogens with zero attached hydrogens (tertiary/aromatic N) is 1. The fourth-order valence-electron chi connectivity index (χ4n) is 4.37. The first-order chi connectivity index (χ1) is 15.9. The second kappa shape index (κ2) is 10.3. The molecule has 2 aromatic carbocycles. The molecule has 1 aromatic heterocycles. The Kier molecular flexibility index (Phi) is 7.18. The maximum Gasteiger partial charge on any atom is 0.229 e. The lowest BCUT2D eigenvalue weighted by atomic mass is 9.86. The zero-order valence-electron chi connectivity index (χ0n) is 19.0. The molecule has 0 bridgehead atoms. The van der Waals surface area contributed by atoms with Gasteiger partial charge in [-0.05, 0) is 85.2 Å². The highest BCUT2D eigenvalue weighted by molar-refractivity contribution is 7.92. The van der Waals surface area contributed by atoms with Gasteiger partial charge in [0.25, 0.3) is 0 Å². The van der Waals surface area contributed by atoms with E-state index in [0.29, 0.717) is 5.69 Å². The summed E-state index contributed by atoms with van der Waals surface area (Å²) < 4.78 is 37.6. The average molecular weight is 467 g/mol. The molecule has 7 heteroatoms. The summed E-state index contributed by atoms with van der Waals surface area (Å²) in [6.07, 6.45) is 10.3. The summed E-state index contributed by atoms with van der Waals surface area (Å²) >= 11 is 0. The molecular formula is C26H30N2O4S. The number of ether oxygens (including phenoxy) is 2. The van der Waals surface area contributed by atoms with Crippen molar-refractivity contribution in [3.8, 4) is 11.5 Å². The fourth-order valence-corrected chi connectivity index (χ4v) is 4.93. The molecule has 0 spiro atoms. The van der Waals surface area contributed by atoms with Crippen molar-refractivity contribution in [2.75, 3.05) is 18.1 Å². The van der Waals surface area contributed by atoms with Crippen molar-refractivity contribution < 1.29 is 17.9 Å². The summed E-state index contributed by atoms with van der Waals surface area (Å²) in [4.78, 5) is 4.14. The molecule has 1 fully saturated rings. The molecule has 1 aliphatic rings. The summed E-state index contributed by atoms with van der Waals surface area (Å²) in [7, 11) is -1.66. The third kappa shape index (κ3) is 6.26. The second-order valence-electron chi connectivity index (χ2n) is 8.54. The van der Waals surface area contributed by atoms with Crippen molar-refractivity contribution in [2.45, 2.75) is 44.1 Å². The zero-order chi connectivity index (χ0) is 23.3. The van der Waals surface area contributed by atoms with Gasteiger partial charge in [0.15, 0.2) is 11.5 Å². The van der Waals surface area contributed by atoms with E-state index >= 15 is 0 Å². The van der Waals surface area contributed by atoms with E-state index in [9.17, 15) is 8.42 Å². The molecule has 0 aliphatic heterocycles. The van der Waals surface area contributed by atoms with Gasteiger partial charge >= 0.3 is 0 Å². The van der Waals surface area contributed by atoms with E-state index in [4.69, 9.17) is 9.47 Å². The zero-order valence-corrected chi connectivity index (χ0v) is 19.8. The number of pyridine rings is 1. The van der Waals surface area contributed by atoms with E-state index < -0.39 is 10.0 Å². The maximum atomic E-state index is 11.6. The van der Waals surface area contributed by atoms with Gasteiger partial charge in [0.05, 0.1) is 19.5 Å². The van der Waals surface area contributed by atoms with Crippen molar-refractivity contribution in [3.63, 3.8) is 0 Å². The Labute approximate surface area is 196 Å². The maximum absolute atomic E-state index is 11.6. The number of hydrogen-bond donors (Lipinski definition) is 1. The first kappa shape index (κ1) is 23.1. The summed E-state index contributed by atoms with van der Waals surface area (Å²) in [6, 6.07) is 17.7. The van der Waals surface area contributed by atoms with E-state index in [1.807, 2.05) is 30.3 Å². The highest BCUT2D eigenvalue weighted by Crippen LogP contribution is 2.37. The normalized spacial score (nSPS) is 15.2. The number of hydrogen-bond acceptors (Lipinski definition) is 5. The van der Waals surface area contributed by atoms with Crippen molar-refractivity contribution >= 4 is 15.7 Å². The molecule has 0 radical (unpaired) electrons. The van der Waals surface area contributed by atoms with Gasteiger partial charge in [0.1, 0.15) is 0 Å². The Morgan fingerprint density at radius 2 is 1.64 bits per heavy atom. The minimum absolute atomic E-state index is 0.0523. The van der Waals surface area contributed by atoms with Crippen molar-refractivity contribution in [3.05, 3.63) is 83.7 Å². The molecule has 1 N–H and O–H groups in total. The summed E-state index contributed by atoms with van der Waals surface area (Å²) in [6.45, 7) is 0. The van der Waals surface area contributed by atoms with Crippen LogP contribution in [0.3, 0.4) is 0 Å². The van der Waals surface area contributed by atoms with Gasteiger partial charge < -0.3 is 9.47 Å². The van der Waals surface area contributed by atoms with E-state index in [0.717, 1.165) is 48.1 Å². The van der Waals surface area contributed by atoms with Crippen LogP contribution in [0.5, 0.6) is 11.5 Å². The Hall–Kier alpha value is -3.06. The van der Waals surface area contributed by atoms with Crippen LogP contribution >= 0.6 is 0 Å². The first-order valence-electron chi connectivity index (χ1n) is 11.2. The number of aromatic nitrogens is 1. The Balaban J connectivity index is 1.68. The predicted octanol–water partition coefficient (Wildman–Crippen LogP) is 5.16. The van der Waals surface area contributed by atoms with Crippen LogP contribution in [0.4, 0.5) is 5.69 Å². The van der Waals surface area contributed by atoms with Crippen LogP contribution in [-0.2, 0) is 16.4 Å². The van der Waals surface area contributed by atoms with E-state index in [1.165, 1.54) is 18.4 Å². The number of nitrogens with one attached hydrogen (secondary N) is 1. The van der Waals surface area contributed by atoms with E-state index in [-0.39, 0.29) is 12.0 Å². The molecule has 4 rings (SSSR count). The monoisotopic (exact) mass is 466 g/mol. The predicted molar refractivity (Wildman–Crippen MR) is 131 cm³/mol. The molecule has 33 heavy (non-hydrogen) atoms. The van der Waals surface area contributed by atoms with Crippen LogP contribution in [0.25, 0.3) is 0 Å². The Bertz CT molecular complexity index is 1160. The van der Waals surface area contributed by atoms with Crippen molar-refractivity contribution in [1.82, 2.24) is 4.98 Å². The number of benzene rings is 2. The topological polar surface area (TPSA) is 77.5 Å². The summed E-state index contributed by atoms with van der Waals surface area (Å²) in [5.41, 5.74) is 3.92. The van der Waals surface area contributed by atoms with Crippen LogP contribution in [-0.4, -0.2) is 32.9 Å². The lowest BCUT2D eigenvalue weighted by Gasteiger charge is -2.22. The summed E-state index contributed by atoms with van der Waals surface area (Å²) in [5.74, 6) is 1.56. The van der Waals surface area contributed by atoms with Crippen molar-refractivity contribution in [2.24, 2.45) is 0 Å². The van der Waals surface area contributed by atoms with Gasteiger partial charge in [-0.25, -0.2) is 8.42 Å². The van der Waals surface area contributed by atoms with Gasteiger partial charge in [-0.3, -0.25) is 9.71 Å². The molecule has 1 atom stereocenters. The van der Waals surface area contributed by atoms with Crippen LogP contribution in [0.15, 0.2) is 67.0 Å². The van der Waals surface area contributed by atoms with Crippen LogP contribution in [0.1, 0.15) is 48.3 Å². The number of sulfonamides is 1. The highest BCUT2D eigenvalue weighted by atomic mass is 32.2. The second-order valence-corrected chi connectivity index (χ2v) is 10.3. The van der Waals surface area contributed by atoms with E-state index in [1.54, 1.807) is 31.6 Å². The third-order valence-electron chi connectivity index (χ3n) is 5.99. The van der Waals surface area contributed by atoms with Gasteiger partial charge in [-0.1, -0.05) is 18.2 Å². The molecule has 174 valence electrons.